The molecule has 1 amide bonds. The number of ether oxygens (including phenoxy) is 1. The predicted octanol–water partition coefficient (Wildman–Crippen LogP) is 2.33. The van der Waals surface area contributed by atoms with Gasteiger partial charge in [0.25, 0.3) is 0 Å². The van der Waals surface area contributed by atoms with Crippen LogP contribution in [0, 0.1) is 5.82 Å². The van der Waals surface area contributed by atoms with Crippen molar-refractivity contribution in [2.75, 3.05) is 32.8 Å². The first-order chi connectivity index (χ1) is 11.2. The van der Waals surface area contributed by atoms with Crippen molar-refractivity contribution in [2.24, 2.45) is 0 Å². The summed E-state index contributed by atoms with van der Waals surface area (Å²) in [7, 11) is 0. The minimum absolute atomic E-state index is 0. The van der Waals surface area contributed by atoms with Gasteiger partial charge in [0, 0.05) is 26.3 Å². The van der Waals surface area contributed by atoms with E-state index < -0.39 is 5.41 Å². The standard InChI is InChI=1S/C18H23FN2O2.ClH/c19-16-3-1-2-15(12-16)18(6-10-23-11-7-18)17(22)21-13-14-4-8-20-9-5-14;/h1-4,12,20H,5-11,13H2,(H,21,22);1H. The van der Waals surface area contributed by atoms with E-state index in [1.807, 2.05) is 6.07 Å². The second kappa shape index (κ2) is 8.60. The zero-order valence-corrected chi connectivity index (χ0v) is 14.5. The maximum absolute atomic E-state index is 13.7. The molecule has 0 spiro atoms. The van der Waals surface area contributed by atoms with Crippen LogP contribution in [0.3, 0.4) is 0 Å². The van der Waals surface area contributed by atoms with Crippen molar-refractivity contribution >= 4 is 18.3 Å². The van der Waals surface area contributed by atoms with Crippen LogP contribution in [-0.4, -0.2) is 38.8 Å². The van der Waals surface area contributed by atoms with Crippen LogP contribution < -0.4 is 10.6 Å². The Morgan fingerprint density at radius 3 is 2.79 bits per heavy atom. The lowest BCUT2D eigenvalue weighted by atomic mass is 9.73. The Morgan fingerprint density at radius 1 is 1.33 bits per heavy atom. The maximum Gasteiger partial charge on any atom is 0.231 e. The fraction of sp³-hybridized carbons (Fsp3) is 0.500. The van der Waals surface area contributed by atoms with Crippen LogP contribution in [0.15, 0.2) is 35.9 Å². The summed E-state index contributed by atoms with van der Waals surface area (Å²) in [6, 6.07) is 6.41. The Morgan fingerprint density at radius 2 is 2.12 bits per heavy atom. The van der Waals surface area contributed by atoms with Crippen LogP contribution in [0.2, 0.25) is 0 Å². The van der Waals surface area contributed by atoms with Crippen LogP contribution in [0.4, 0.5) is 4.39 Å². The van der Waals surface area contributed by atoms with E-state index in [0.717, 1.165) is 25.1 Å². The molecular weight excluding hydrogens is 331 g/mol. The van der Waals surface area contributed by atoms with E-state index >= 15 is 0 Å². The third kappa shape index (κ3) is 4.15. The fourth-order valence-corrected chi connectivity index (χ4v) is 3.35. The van der Waals surface area contributed by atoms with Crippen LogP contribution in [-0.2, 0) is 14.9 Å². The van der Waals surface area contributed by atoms with Crippen molar-refractivity contribution in [2.45, 2.75) is 24.7 Å². The Hall–Kier alpha value is -1.43. The number of benzene rings is 1. The van der Waals surface area contributed by atoms with Crippen LogP contribution in [0.5, 0.6) is 0 Å². The number of carbonyl (C=O) groups is 1. The van der Waals surface area contributed by atoms with Gasteiger partial charge in [-0.25, -0.2) is 4.39 Å². The highest BCUT2D eigenvalue weighted by Crippen LogP contribution is 2.35. The first-order valence-electron chi connectivity index (χ1n) is 8.21. The molecule has 6 heteroatoms. The van der Waals surface area contributed by atoms with E-state index in [9.17, 15) is 9.18 Å². The first kappa shape index (κ1) is 18.9. The highest BCUT2D eigenvalue weighted by molar-refractivity contribution is 5.88. The molecule has 1 saturated heterocycles. The molecule has 0 aromatic heterocycles. The van der Waals surface area contributed by atoms with E-state index in [1.54, 1.807) is 6.07 Å². The number of carbonyl (C=O) groups excluding carboxylic acids is 1. The number of hydrogen-bond acceptors (Lipinski definition) is 3. The molecule has 1 aromatic carbocycles. The zero-order valence-electron chi connectivity index (χ0n) is 13.6. The molecule has 2 aliphatic rings. The molecule has 24 heavy (non-hydrogen) atoms. The molecule has 0 saturated carbocycles. The van der Waals surface area contributed by atoms with Gasteiger partial charge in [0.05, 0.1) is 5.41 Å². The molecular formula is C18H24ClFN2O2. The van der Waals surface area contributed by atoms with Gasteiger partial charge in [-0.05, 0) is 43.5 Å². The molecule has 132 valence electrons. The highest BCUT2D eigenvalue weighted by Gasteiger charge is 2.41. The molecule has 0 unspecified atom stereocenters. The average molecular weight is 355 g/mol. The summed E-state index contributed by atoms with van der Waals surface area (Å²) in [5.74, 6) is -0.326. The van der Waals surface area contributed by atoms with Crippen molar-refractivity contribution in [3.63, 3.8) is 0 Å². The molecule has 0 radical (unpaired) electrons. The second-order valence-electron chi connectivity index (χ2n) is 6.20. The smallest absolute Gasteiger partial charge is 0.231 e. The number of halogens is 2. The summed E-state index contributed by atoms with van der Waals surface area (Å²) in [5.41, 5.74) is 1.31. The number of rotatable bonds is 4. The SMILES string of the molecule is Cl.O=C(NCC1=CCNCC1)C1(c2cccc(F)c2)CCOCC1. The quantitative estimate of drug-likeness (QED) is 0.816. The van der Waals surface area contributed by atoms with Crippen molar-refractivity contribution < 1.29 is 13.9 Å². The summed E-state index contributed by atoms with van der Waals surface area (Å²) in [5, 5.41) is 6.33. The molecule has 1 fully saturated rings. The van der Waals surface area contributed by atoms with E-state index in [4.69, 9.17) is 4.74 Å². The normalized spacial score (nSPS) is 19.8. The summed E-state index contributed by atoms with van der Waals surface area (Å²) in [4.78, 5) is 12.9. The fourth-order valence-electron chi connectivity index (χ4n) is 3.35. The van der Waals surface area contributed by atoms with Gasteiger partial charge in [0.2, 0.25) is 5.91 Å². The Kier molecular flexibility index (Phi) is 6.78. The van der Waals surface area contributed by atoms with Crippen molar-refractivity contribution in [1.82, 2.24) is 10.6 Å². The molecule has 2 aliphatic heterocycles. The summed E-state index contributed by atoms with van der Waals surface area (Å²) in [6.07, 6.45) is 4.25. The van der Waals surface area contributed by atoms with Crippen LogP contribution >= 0.6 is 12.4 Å². The van der Waals surface area contributed by atoms with E-state index in [0.29, 0.717) is 32.6 Å². The monoisotopic (exact) mass is 354 g/mol. The molecule has 0 bridgehead atoms. The highest BCUT2D eigenvalue weighted by atomic mass is 35.5. The summed E-state index contributed by atoms with van der Waals surface area (Å²) >= 11 is 0. The van der Waals surface area contributed by atoms with Crippen molar-refractivity contribution in [3.05, 3.63) is 47.3 Å². The second-order valence-corrected chi connectivity index (χ2v) is 6.20. The predicted molar refractivity (Wildman–Crippen MR) is 94.0 cm³/mol. The lowest BCUT2D eigenvalue weighted by molar-refractivity contribution is -0.130. The summed E-state index contributed by atoms with van der Waals surface area (Å²) < 4.78 is 19.1. The Balaban J connectivity index is 0.00000208. The third-order valence-electron chi connectivity index (χ3n) is 4.79. The van der Waals surface area contributed by atoms with Crippen molar-refractivity contribution in [1.29, 1.82) is 0 Å². The van der Waals surface area contributed by atoms with Gasteiger partial charge in [0.15, 0.2) is 0 Å². The lowest BCUT2D eigenvalue weighted by Crippen LogP contribution is -2.48. The lowest BCUT2D eigenvalue weighted by Gasteiger charge is -2.36. The van der Waals surface area contributed by atoms with Gasteiger partial charge in [0.1, 0.15) is 5.82 Å². The van der Waals surface area contributed by atoms with Gasteiger partial charge in [-0.3, -0.25) is 4.79 Å². The molecule has 0 aliphatic carbocycles. The minimum atomic E-state index is -0.687. The first-order valence-corrected chi connectivity index (χ1v) is 8.21. The number of hydrogen-bond donors (Lipinski definition) is 2. The topological polar surface area (TPSA) is 50.4 Å². The van der Waals surface area contributed by atoms with E-state index in [2.05, 4.69) is 16.7 Å². The van der Waals surface area contributed by atoms with Gasteiger partial charge < -0.3 is 15.4 Å². The average Bonchev–Trinajstić information content (AvgIpc) is 2.61. The molecule has 3 rings (SSSR count). The van der Waals surface area contributed by atoms with E-state index in [-0.39, 0.29) is 24.1 Å². The van der Waals surface area contributed by atoms with Gasteiger partial charge in [-0.1, -0.05) is 23.8 Å². The number of amides is 1. The van der Waals surface area contributed by atoms with Gasteiger partial charge in [-0.15, -0.1) is 12.4 Å². The van der Waals surface area contributed by atoms with Gasteiger partial charge in [-0.2, -0.15) is 0 Å². The zero-order chi connectivity index (χ0) is 16.1. The van der Waals surface area contributed by atoms with Crippen molar-refractivity contribution in [3.8, 4) is 0 Å². The van der Waals surface area contributed by atoms with Crippen LogP contribution in [0.1, 0.15) is 24.8 Å². The van der Waals surface area contributed by atoms with Crippen LogP contribution in [0.25, 0.3) is 0 Å². The minimum Gasteiger partial charge on any atom is -0.381 e. The van der Waals surface area contributed by atoms with Gasteiger partial charge >= 0.3 is 0 Å². The third-order valence-corrected chi connectivity index (χ3v) is 4.79. The Labute approximate surface area is 148 Å². The largest absolute Gasteiger partial charge is 0.381 e. The molecule has 2 N–H and O–H groups in total. The van der Waals surface area contributed by atoms with E-state index in [1.165, 1.54) is 17.7 Å². The molecule has 2 heterocycles. The molecule has 1 aromatic rings. The maximum atomic E-state index is 13.7. The summed E-state index contributed by atoms with van der Waals surface area (Å²) in [6.45, 7) is 3.42. The molecule has 4 nitrogen and oxygen atoms in total. The number of nitrogens with one attached hydrogen (secondary N) is 2. The molecule has 0 atom stereocenters. The Bertz CT molecular complexity index is 600.